The molecule has 0 bridgehead atoms. The number of hydrogen-bond acceptors (Lipinski definition) is 6. The summed E-state index contributed by atoms with van der Waals surface area (Å²) in [4.78, 5) is 36.0. The van der Waals surface area contributed by atoms with Crippen molar-refractivity contribution in [2.75, 3.05) is 6.61 Å². The quantitative estimate of drug-likeness (QED) is 0.479. The first kappa shape index (κ1) is 21.5. The van der Waals surface area contributed by atoms with E-state index in [1.807, 2.05) is 30.3 Å². The second-order valence-corrected chi connectivity index (χ2v) is 7.92. The molecule has 1 heterocycles. The van der Waals surface area contributed by atoms with Crippen molar-refractivity contribution in [2.24, 2.45) is 0 Å². The number of hydrazine groups is 1. The monoisotopic (exact) mass is 442 g/mol. The highest BCUT2D eigenvalue weighted by molar-refractivity contribution is 8.26. The number of rotatable bonds is 8. The zero-order valence-electron chi connectivity index (χ0n) is 15.7. The van der Waals surface area contributed by atoms with Crippen LogP contribution in [0.3, 0.4) is 0 Å². The molecule has 0 unspecified atom stereocenters. The predicted molar refractivity (Wildman–Crippen MR) is 117 cm³/mol. The summed E-state index contributed by atoms with van der Waals surface area (Å²) in [5, 5.41) is 9.81. The minimum atomic E-state index is -0.959. The fourth-order valence-corrected chi connectivity index (χ4v) is 3.80. The summed E-state index contributed by atoms with van der Waals surface area (Å²) in [5.74, 6) is -1.29. The lowest BCUT2D eigenvalue weighted by Crippen LogP contribution is -2.45. The minimum absolute atomic E-state index is 0.0106. The van der Waals surface area contributed by atoms with E-state index in [4.69, 9.17) is 22.1 Å². The van der Waals surface area contributed by atoms with Gasteiger partial charge >= 0.3 is 5.97 Å². The van der Waals surface area contributed by atoms with Crippen LogP contribution in [0.15, 0.2) is 59.5 Å². The molecule has 154 valence electrons. The topological polar surface area (TPSA) is 95.9 Å². The van der Waals surface area contributed by atoms with Crippen LogP contribution in [-0.2, 0) is 20.8 Å². The molecule has 0 radical (unpaired) electrons. The lowest BCUT2D eigenvalue weighted by molar-refractivity contribution is -0.137. The van der Waals surface area contributed by atoms with Crippen LogP contribution in [0, 0.1) is 0 Å². The lowest BCUT2D eigenvalue weighted by atomic mass is 10.1. The average Bonchev–Trinajstić information content (AvgIpc) is 2.97. The number of carboxylic acid groups (broad SMARTS) is 1. The SMILES string of the molecule is O=C(O)CCOc1ccccc1/C=C1/SC(=S)N(NC(=O)Cc2ccccc2)C1=O. The van der Waals surface area contributed by atoms with Gasteiger partial charge in [-0.2, -0.15) is 5.01 Å². The zero-order valence-corrected chi connectivity index (χ0v) is 17.4. The third-order valence-corrected chi connectivity index (χ3v) is 5.32. The number of thioether (sulfide) groups is 1. The van der Waals surface area contributed by atoms with Gasteiger partial charge in [0.2, 0.25) is 5.91 Å². The van der Waals surface area contributed by atoms with E-state index in [2.05, 4.69) is 5.43 Å². The van der Waals surface area contributed by atoms with E-state index in [0.29, 0.717) is 16.2 Å². The first-order chi connectivity index (χ1) is 14.4. The van der Waals surface area contributed by atoms with Crippen LogP contribution in [0.5, 0.6) is 5.75 Å². The maximum absolute atomic E-state index is 12.7. The van der Waals surface area contributed by atoms with Crippen molar-refractivity contribution in [3.05, 3.63) is 70.6 Å². The molecule has 2 aromatic rings. The Morgan fingerprint density at radius 2 is 1.83 bits per heavy atom. The van der Waals surface area contributed by atoms with Gasteiger partial charge < -0.3 is 9.84 Å². The molecular formula is C21H18N2O5S2. The van der Waals surface area contributed by atoms with Gasteiger partial charge in [0.1, 0.15) is 5.75 Å². The zero-order chi connectivity index (χ0) is 21.5. The second-order valence-electron chi connectivity index (χ2n) is 6.24. The summed E-state index contributed by atoms with van der Waals surface area (Å²) >= 11 is 6.31. The number of amides is 2. The van der Waals surface area contributed by atoms with Gasteiger partial charge in [0, 0.05) is 5.56 Å². The number of nitrogens with zero attached hydrogens (tertiary/aromatic N) is 1. The Morgan fingerprint density at radius 1 is 1.13 bits per heavy atom. The molecule has 0 saturated carbocycles. The number of aliphatic carboxylic acids is 1. The molecule has 1 fully saturated rings. The van der Waals surface area contributed by atoms with Gasteiger partial charge in [0.25, 0.3) is 5.91 Å². The van der Waals surface area contributed by atoms with Crippen molar-refractivity contribution in [1.82, 2.24) is 10.4 Å². The molecule has 0 spiro atoms. The lowest BCUT2D eigenvalue weighted by Gasteiger charge is -2.15. The fourth-order valence-electron chi connectivity index (χ4n) is 2.63. The standard InChI is InChI=1S/C21H18N2O5S2/c24-18(12-14-6-2-1-3-7-14)22-23-20(27)17(30-21(23)29)13-15-8-4-5-9-16(15)28-11-10-19(25)26/h1-9,13H,10-12H2,(H,22,24)(H,25,26)/b17-13+. The average molecular weight is 443 g/mol. The molecule has 1 aliphatic rings. The van der Waals surface area contributed by atoms with Gasteiger partial charge in [-0.1, -0.05) is 60.3 Å². The third-order valence-electron chi connectivity index (χ3n) is 4.02. The van der Waals surface area contributed by atoms with Crippen molar-refractivity contribution in [3.8, 4) is 5.75 Å². The van der Waals surface area contributed by atoms with Crippen molar-refractivity contribution >= 4 is 52.2 Å². The number of nitrogens with one attached hydrogen (secondary N) is 1. The normalized spacial score (nSPS) is 14.8. The minimum Gasteiger partial charge on any atom is -0.492 e. The summed E-state index contributed by atoms with van der Waals surface area (Å²) in [6, 6.07) is 16.1. The number of carbonyl (C=O) groups is 3. The number of carboxylic acids is 1. The van der Waals surface area contributed by atoms with Crippen LogP contribution in [0.4, 0.5) is 0 Å². The third kappa shape index (κ3) is 5.68. The molecule has 2 aromatic carbocycles. The Kier molecular flexibility index (Phi) is 7.21. The molecular weight excluding hydrogens is 424 g/mol. The van der Waals surface area contributed by atoms with Crippen molar-refractivity contribution in [1.29, 1.82) is 0 Å². The van der Waals surface area contributed by atoms with E-state index < -0.39 is 11.9 Å². The molecule has 2 N–H and O–H groups in total. The van der Waals surface area contributed by atoms with Crippen molar-refractivity contribution < 1.29 is 24.2 Å². The molecule has 1 aliphatic heterocycles. The van der Waals surface area contributed by atoms with Crippen LogP contribution < -0.4 is 10.2 Å². The maximum Gasteiger partial charge on any atom is 0.306 e. The molecule has 0 aliphatic carbocycles. The molecule has 3 rings (SSSR count). The first-order valence-electron chi connectivity index (χ1n) is 8.99. The van der Waals surface area contributed by atoms with E-state index >= 15 is 0 Å². The summed E-state index contributed by atoms with van der Waals surface area (Å²) in [6.07, 6.45) is 1.60. The van der Waals surface area contributed by atoms with E-state index in [9.17, 15) is 14.4 Å². The molecule has 30 heavy (non-hydrogen) atoms. The Hall–Kier alpha value is -3.17. The van der Waals surface area contributed by atoms with E-state index in [1.54, 1.807) is 30.3 Å². The van der Waals surface area contributed by atoms with Crippen LogP contribution in [0.2, 0.25) is 0 Å². The van der Waals surface area contributed by atoms with Gasteiger partial charge in [0.15, 0.2) is 4.32 Å². The Labute approximate surface area is 182 Å². The van der Waals surface area contributed by atoms with Crippen molar-refractivity contribution in [2.45, 2.75) is 12.8 Å². The second kappa shape index (κ2) is 10.0. The van der Waals surface area contributed by atoms with Gasteiger partial charge in [-0.3, -0.25) is 19.8 Å². The van der Waals surface area contributed by atoms with Gasteiger partial charge in [0.05, 0.1) is 24.4 Å². The van der Waals surface area contributed by atoms with Crippen LogP contribution in [0.25, 0.3) is 6.08 Å². The van der Waals surface area contributed by atoms with Gasteiger partial charge in [-0.05, 0) is 29.9 Å². The number of thiocarbonyl (C=S) groups is 1. The highest BCUT2D eigenvalue weighted by Crippen LogP contribution is 2.33. The van der Waals surface area contributed by atoms with Gasteiger partial charge in [-0.25, -0.2) is 0 Å². The number of carbonyl (C=O) groups excluding carboxylic acids is 2. The summed E-state index contributed by atoms with van der Waals surface area (Å²) < 4.78 is 5.74. The number of ether oxygens (including phenoxy) is 1. The molecule has 9 heteroatoms. The molecule has 1 saturated heterocycles. The summed E-state index contributed by atoms with van der Waals surface area (Å²) in [7, 11) is 0. The Balaban J connectivity index is 1.69. The Bertz CT molecular complexity index is 1010. The highest BCUT2D eigenvalue weighted by Gasteiger charge is 2.33. The van der Waals surface area contributed by atoms with E-state index in [0.717, 1.165) is 22.3 Å². The molecule has 0 aromatic heterocycles. The van der Waals surface area contributed by atoms with E-state index in [1.165, 1.54) is 0 Å². The number of benzene rings is 2. The largest absolute Gasteiger partial charge is 0.492 e. The molecule has 7 nitrogen and oxygen atoms in total. The van der Waals surface area contributed by atoms with Gasteiger partial charge in [-0.15, -0.1) is 0 Å². The van der Waals surface area contributed by atoms with Crippen LogP contribution in [0.1, 0.15) is 17.5 Å². The summed E-state index contributed by atoms with van der Waals surface area (Å²) in [5.41, 5.74) is 3.98. The summed E-state index contributed by atoms with van der Waals surface area (Å²) in [6.45, 7) is 0.0106. The fraction of sp³-hybridized carbons (Fsp3) is 0.143. The number of hydrogen-bond donors (Lipinski definition) is 2. The maximum atomic E-state index is 12.7. The highest BCUT2D eigenvalue weighted by atomic mass is 32.2. The van der Waals surface area contributed by atoms with Crippen molar-refractivity contribution in [3.63, 3.8) is 0 Å². The van der Waals surface area contributed by atoms with Crippen LogP contribution >= 0.6 is 24.0 Å². The first-order valence-corrected chi connectivity index (χ1v) is 10.2. The molecule has 2 amide bonds. The smallest absolute Gasteiger partial charge is 0.306 e. The van der Waals surface area contributed by atoms with Crippen LogP contribution in [-0.4, -0.2) is 38.8 Å². The van der Waals surface area contributed by atoms with E-state index in [-0.39, 0.29) is 29.7 Å². The number of para-hydroxylation sites is 1. The predicted octanol–water partition coefficient (Wildman–Crippen LogP) is 3.02. The Morgan fingerprint density at radius 3 is 2.57 bits per heavy atom. The molecule has 0 atom stereocenters.